The molecule has 140 valence electrons. The number of aromatic nitrogens is 1. The Morgan fingerprint density at radius 3 is 2.32 bits per heavy atom. The Morgan fingerprint density at radius 1 is 1.11 bits per heavy atom. The maximum atomic E-state index is 11.6. The van der Waals surface area contributed by atoms with Crippen LogP contribution in [0, 0.1) is 11.3 Å². The van der Waals surface area contributed by atoms with Crippen LogP contribution in [0.25, 0.3) is 22.4 Å². The summed E-state index contributed by atoms with van der Waals surface area (Å²) in [4.78, 5) is 16.0. The van der Waals surface area contributed by atoms with Gasteiger partial charge >= 0.3 is 5.97 Å². The molecule has 0 fully saturated rings. The highest BCUT2D eigenvalue weighted by Crippen LogP contribution is 2.32. The summed E-state index contributed by atoms with van der Waals surface area (Å²) in [5.41, 5.74) is 9.68. The van der Waals surface area contributed by atoms with E-state index in [9.17, 15) is 10.1 Å². The highest BCUT2D eigenvalue weighted by molar-refractivity contribution is 5.90. The lowest BCUT2D eigenvalue weighted by Crippen LogP contribution is -2.02. The first kappa shape index (κ1) is 18.9. The molecule has 6 nitrogen and oxygen atoms in total. The van der Waals surface area contributed by atoms with Crippen LogP contribution in [0.5, 0.6) is 5.75 Å². The lowest BCUT2D eigenvalue weighted by atomic mass is 9.97. The van der Waals surface area contributed by atoms with Gasteiger partial charge in [0.15, 0.2) is 0 Å². The summed E-state index contributed by atoms with van der Waals surface area (Å²) in [5, 5.41) is 9.54. The molecule has 0 amide bonds. The molecule has 0 radical (unpaired) electrons. The topological polar surface area (TPSA) is 98.2 Å². The fourth-order valence-electron chi connectivity index (χ4n) is 2.85. The molecule has 0 aliphatic rings. The summed E-state index contributed by atoms with van der Waals surface area (Å²) < 4.78 is 10.2. The smallest absolute Gasteiger partial charge is 0.337 e. The molecule has 6 heteroatoms. The average molecular weight is 373 g/mol. The van der Waals surface area contributed by atoms with Gasteiger partial charge in [0.25, 0.3) is 0 Å². The number of nitrogens with two attached hydrogens (primary N) is 1. The van der Waals surface area contributed by atoms with Crippen LogP contribution in [0.15, 0.2) is 54.6 Å². The van der Waals surface area contributed by atoms with E-state index in [-0.39, 0.29) is 5.82 Å². The minimum absolute atomic E-state index is 0.154. The first-order valence-corrected chi connectivity index (χ1v) is 8.70. The van der Waals surface area contributed by atoms with Crippen LogP contribution < -0.4 is 10.5 Å². The second-order valence-electron chi connectivity index (χ2n) is 5.95. The quantitative estimate of drug-likeness (QED) is 0.677. The highest BCUT2D eigenvalue weighted by atomic mass is 16.5. The molecule has 0 spiro atoms. The van der Waals surface area contributed by atoms with Crippen molar-refractivity contribution >= 4 is 11.8 Å². The minimum atomic E-state index is -0.420. The highest BCUT2D eigenvalue weighted by Gasteiger charge is 2.14. The van der Waals surface area contributed by atoms with Crippen LogP contribution in [0.1, 0.15) is 22.8 Å². The van der Waals surface area contributed by atoms with Gasteiger partial charge in [0.05, 0.1) is 25.0 Å². The molecular weight excluding hydrogens is 354 g/mol. The number of methoxy groups -OCH3 is 1. The molecular formula is C22H19N3O3. The lowest BCUT2D eigenvalue weighted by Gasteiger charge is -2.11. The van der Waals surface area contributed by atoms with Gasteiger partial charge in [-0.05, 0) is 55.0 Å². The van der Waals surface area contributed by atoms with Gasteiger partial charge in [0.1, 0.15) is 23.2 Å². The van der Waals surface area contributed by atoms with Gasteiger partial charge < -0.3 is 15.2 Å². The summed E-state index contributed by atoms with van der Waals surface area (Å²) in [5.74, 6) is 0.504. The number of carbonyl (C=O) groups is 1. The maximum Gasteiger partial charge on any atom is 0.337 e. The molecule has 0 aliphatic heterocycles. The Morgan fingerprint density at radius 2 is 1.75 bits per heavy atom. The monoisotopic (exact) mass is 373 g/mol. The van der Waals surface area contributed by atoms with Gasteiger partial charge in [-0.25, -0.2) is 9.78 Å². The molecule has 1 aromatic heterocycles. The van der Waals surface area contributed by atoms with Gasteiger partial charge in [-0.2, -0.15) is 5.26 Å². The minimum Gasteiger partial charge on any atom is -0.494 e. The molecule has 2 N–H and O–H groups in total. The Kier molecular flexibility index (Phi) is 5.56. The van der Waals surface area contributed by atoms with Crippen LogP contribution in [-0.4, -0.2) is 24.7 Å². The molecule has 0 atom stereocenters. The van der Waals surface area contributed by atoms with Crippen molar-refractivity contribution < 1.29 is 14.3 Å². The number of hydrogen-bond acceptors (Lipinski definition) is 6. The van der Waals surface area contributed by atoms with E-state index in [1.807, 2.05) is 37.3 Å². The average Bonchev–Trinajstić information content (AvgIpc) is 2.73. The van der Waals surface area contributed by atoms with Crippen molar-refractivity contribution in [3.8, 4) is 34.2 Å². The third kappa shape index (κ3) is 3.79. The van der Waals surface area contributed by atoms with E-state index in [1.165, 1.54) is 7.11 Å². The zero-order valence-corrected chi connectivity index (χ0v) is 15.6. The number of rotatable bonds is 5. The van der Waals surface area contributed by atoms with E-state index in [4.69, 9.17) is 15.2 Å². The van der Waals surface area contributed by atoms with Gasteiger partial charge in [0.2, 0.25) is 0 Å². The largest absolute Gasteiger partial charge is 0.494 e. The number of nitriles is 1. The van der Waals surface area contributed by atoms with E-state index >= 15 is 0 Å². The predicted molar refractivity (Wildman–Crippen MR) is 107 cm³/mol. The van der Waals surface area contributed by atoms with Crippen LogP contribution in [-0.2, 0) is 4.74 Å². The number of hydrogen-bond donors (Lipinski definition) is 1. The summed E-state index contributed by atoms with van der Waals surface area (Å²) in [7, 11) is 1.33. The summed E-state index contributed by atoms with van der Waals surface area (Å²) in [6.45, 7) is 2.52. The van der Waals surface area contributed by atoms with Crippen molar-refractivity contribution in [3.63, 3.8) is 0 Å². The zero-order valence-electron chi connectivity index (χ0n) is 15.6. The Labute approximate surface area is 163 Å². The molecule has 0 unspecified atom stereocenters. The number of nitrogens with zero attached hydrogens (tertiary/aromatic N) is 2. The second-order valence-corrected chi connectivity index (χ2v) is 5.95. The summed E-state index contributed by atoms with van der Waals surface area (Å²) in [6.07, 6.45) is 0. The standard InChI is InChI=1S/C22H19N3O3/c1-3-28-17-10-8-15(9-11-17)20-12-18(19(13-23)21(24)25-20)14-4-6-16(7-5-14)22(26)27-2/h4-12H,3H2,1-2H3,(H2,24,25). The van der Waals surface area contributed by atoms with Crippen molar-refractivity contribution in [2.45, 2.75) is 6.92 Å². The van der Waals surface area contributed by atoms with Gasteiger partial charge in [-0.15, -0.1) is 0 Å². The number of benzene rings is 2. The predicted octanol–water partition coefficient (Wildman–Crippen LogP) is 4.05. The lowest BCUT2D eigenvalue weighted by molar-refractivity contribution is 0.0601. The van der Waals surface area contributed by atoms with E-state index in [0.29, 0.717) is 29.0 Å². The van der Waals surface area contributed by atoms with E-state index in [0.717, 1.165) is 16.9 Å². The van der Waals surface area contributed by atoms with Crippen LogP contribution in [0.2, 0.25) is 0 Å². The number of nitrogen functional groups attached to an aromatic ring is 1. The normalized spacial score (nSPS) is 10.2. The second kappa shape index (κ2) is 8.23. The SMILES string of the molecule is CCOc1ccc(-c2cc(-c3ccc(C(=O)OC)cc3)c(C#N)c(N)n2)cc1. The number of anilines is 1. The Hall–Kier alpha value is -3.85. The zero-order chi connectivity index (χ0) is 20.1. The molecule has 28 heavy (non-hydrogen) atoms. The van der Waals surface area contributed by atoms with Crippen molar-refractivity contribution in [1.29, 1.82) is 5.26 Å². The molecule has 0 aliphatic carbocycles. The molecule has 0 saturated carbocycles. The van der Waals surface area contributed by atoms with Gasteiger partial charge in [-0.3, -0.25) is 0 Å². The van der Waals surface area contributed by atoms with Crippen molar-refractivity contribution in [1.82, 2.24) is 4.98 Å². The third-order valence-corrected chi connectivity index (χ3v) is 4.24. The third-order valence-electron chi connectivity index (χ3n) is 4.24. The van der Waals surface area contributed by atoms with E-state index < -0.39 is 5.97 Å². The summed E-state index contributed by atoms with van der Waals surface area (Å²) >= 11 is 0. The van der Waals surface area contributed by atoms with Crippen LogP contribution in [0.3, 0.4) is 0 Å². The fraction of sp³-hybridized carbons (Fsp3) is 0.136. The van der Waals surface area contributed by atoms with Gasteiger partial charge in [-0.1, -0.05) is 12.1 Å². The van der Waals surface area contributed by atoms with Crippen LogP contribution in [0.4, 0.5) is 5.82 Å². The molecule has 1 heterocycles. The summed E-state index contributed by atoms with van der Waals surface area (Å²) in [6, 6.07) is 18.2. The number of ether oxygens (including phenoxy) is 2. The Balaban J connectivity index is 2.05. The molecule has 0 saturated heterocycles. The van der Waals surface area contributed by atoms with Crippen molar-refractivity contribution in [2.75, 3.05) is 19.5 Å². The van der Waals surface area contributed by atoms with Gasteiger partial charge in [0, 0.05) is 11.1 Å². The van der Waals surface area contributed by atoms with E-state index in [2.05, 4.69) is 11.1 Å². The van der Waals surface area contributed by atoms with Crippen molar-refractivity contribution in [3.05, 3.63) is 65.7 Å². The molecule has 0 bridgehead atoms. The number of pyridine rings is 1. The fourth-order valence-corrected chi connectivity index (χ4v) is 2.85. The first-order chi connectivity index (χ1) is 13.6. The number of carbonyl (C=O) groups excluding carboxylic acids is 1. The molecule has 3 aromatic rings. The Bertz CT molecular complexity index is 1040. The van der Waals surface area contributed by atoms with Crippen LogP contribution >= 0.6 is 0 Å². The maximum absolute atomic E-state index is 11.6. The van der Waals surface area contributed by atoms with Crippen molar-refractivity contribution in [2.24, 2.45) is 0 Å². The first-order valence-electron chi connectivity index (χ1n) is 8.70. The number of esters is 1. The molecule has 3 rings (SSSR count). The molecule has 2 aromatic carbocycles. The van der Waals surface area contributed by atoms with E-state index in [1.54, 1.807) is 24.3 Å².